The molecule has 1 heterocycles. The largest absolute Gasteiger partial charge is 0.393 e. The lowest BCUT2D eigenvalue weighted by molar-refractivity contribution is 0.188. The van der Waals surface area contributed by atoms with Gasteiger partial charge in [0.2, 0.25) is 0 Å². The zero-order valence-corrected chi connectivity index (χ0v) is 8.40. The second kappa shape index (κ2) is 4.76. The van der Waals surface area contributed by atoms with Crippen molar-refractivity contribution in [2.75, 3.05) is 11.9 Å². The Morgan fingerprint density at radius 1 is 1.71 bits per heavy atom. The molecule has 2 N–H and O–H groups in total. The number of aliphatic hydroxyl groups is 1. The standard InChI is InChI=1S/C9H15N3O2/c1-7(13)3-4-10-8-9(14)12(2)6-5-11-8/h5-7,13H,3-4H2,1-2H3,(H,10,11)/t7-/m0/s1. The first-order valence-corrected chi connectivity index (χ1v) is 4.55. The number of nitrogens with zero attached hydrogens (tertiary/aromatic N) is 2. The van der Waals surface area contributed by atoms with Gasteiger partial charge >= 0.3 is 0 Å². The molecule has 0 aliphatic heterocycles. The fourth-order valence-corrected chi connectivity index (χ4v) is 1.02. The van der Waals surface area contributed by atoms with Crippen molar-refractivity contribution >= 4 is 5.82 Å². The Bertz CT molecular complexity index is 346. The van der Waals surface area contributed by atoms with Crippen molar-refractivity contribution in [3.8, 4) is 0 Å². The molecule has 14 heavy (non-hydrogen) atoms. The van der Waals surface area contributed by atoms with Gasteiger partial charge in [-0.3, -0.25) is 4.79 Å². The molecule has 0 bridgehead atoms. The zero-order chi connectivity index (χ0) is 10.6. The molecule has 5 nitrogen and oxygen atoms in total. The van der Waals surface area contributed by atoms with E-state index >= 15 is 0 Å². The Labute approximate surface area is 82.4 Å². The van der Waals surface area contributed by atoms with Gasteiger partial charge in [-0.2, -0.15) is 0 Å². The average Bonchev–Trinajstić information content (AvgIpc) is 2.12. The van der Waals surface area contributed by atoms with Crippen molar-refractivity contribution in [2.24, 2.45) is 7.05 Å². The molecule has 0 saturated heterocycles. The number of aliphatic hydroxyl groups excluding tert-OH is 1. The minimum absolute atomic E-state index is 0.155. The van der Waals surface area contributed by atoms with Crippen LogP contribution in [-0.4, -0.2) is 27.3 Å². The van der Waals surface area contributed by atoms with Crippen molar-refractivity contribution in [3.05, 3.63) is 22.7 Å². The lowest BCUT2D eigenvalue weighted by Gasteiger charge is -2.06. The molecular formula is C9H15N3O2. The number of nitrogens with one attached hydrogen (secondary N) is 1. The lowest BCUT2D eigenvalue weighted by atomic mass is 10.3. The van der Waals surface area contributed by atoms with Crippen LogP contribution in [0.5, 0.6) is 0 Å². The quantitative estimate of drug-likeness (QED) is 0.711. The molecule has 0 aromatic carbocycles. The summed E-state index contributed by atoms with van der Waals surface area (Å²) in [6.45, 7) is 2.25. The molecule has 1 atom stereocenters. The Hall–Kier alpha value is -1.36. The molecule has 5 heteroatoms. The highest BCUT2D eigenvalue weighted by Crippen LogP contribution is 1.94. The van der Waals surface area contributed by atoms with Crippen LogP contribution in [0.2, 0.25) is 0 Å². The second-order valence-electron chi connectivity index (χ2n) is 3.26. The fourth-order valence-electron chi connectivity index (χ4n) is 1.02. The lowest BCUT2D eigenvalue weighted by Crippen LogP contribution is -2.23. The summed E-state index contributed by atoms with van der Waals surface area (Å²) in [5, 5.41) is 11.9. The van der Waals surface area contributed by atoms with Crippen LogP contribution < -0.4 is 10.9 Å². The van der Waals surface area contributed by atoms with Crippen LogP contribution in [0.15, 0.2) is 17.2 Å². The summed E-state index contributed by atoms with van der Waals surface area (Å²) >= 11 is 0. The predicted octanol–water partition coefficient (Wildman–Crippen LogP) is -0.0369. The number of hydrogen-bond acceptors (Lipinski definition) is 4. The van der Waals surface area contributed by atoms with Crippen LogP contribution >= 0.6 is 0 Å². The van der Waals surface area contributed by atoms with Crippen LogP contribution in [0.25, 0.3) is 0 Å². The highest BCUT2D eigenvalue weighted by atomic mass is 16.3. The maximum atomic E-state index is 11.4. The molecule has 1 aromatic heterocycles. The SMILES string of the molecule is C[C@H](O)CCNc1nccn(C)c1=O. The third-order valence-corrected chi connectivity index (χ3v) is 1.87. The summed E-state index contributed by atoms with van der Waals surface area (Å²) in [6, 6.07) is 0. The summed E-state index contributed by atoms with van der Waals surface area (Å²) in [5.74, 6) is 0.329. The van der Waals surface area contributed by atoms with Gasteiger partial charge in [-0.25, -0.2) is 4.98 Å². The van der Waals surface area contributed by atoms with Crippen LogP contribution in [0, 0.1) is 0 Å². The molecule has 1 rings (SSSR count). The number of aryl methyl sites for hydroxylation is 1. The van der Waals surface area contributed by atoms with E-state index in [1.165, 1.54) is 4.57 Å². The van der Waals surface area contributed by atoms with Gasteiger partial charge in [0.1, 0.15) is 0 Å². The van der Waals surface area contributed by atoms with E-state index in [2.05, 4.69) is 10.3 Å². The van der Waals surface area contributed by atoms with Crippen LogP contribution in [0.3, 0.4) is 0 Å². The Balaban J connectivity index is 2.59. The third-order valence-electron chi connectivity index (χ3n) is 1.87. The molecule has 0 saturated carbocycles. The van der Waals surface area contributed by atoms with E-state index in [0.29, 0.717) is 18.8 Å². The third kappa shape index (κ3) is 2.85. The van der Waals surface area contributed by atoms with Crippen LogP contribution in [0.1, 0.15) is 13.3 Å². The maximum absolute atomic E-state index is 11.4. The van der Waals surface area contributed by atoms with E-state index in [1.807, 2.05) is 0 Å². The monoisotopic (exact) mass is 197 g/mol. The molecule has 78 valence electrons. The highest BCUT2D eigenvalue weighted by Gasteiger charge is 2.01. The number of anilines is 1. The summed E-state index contributed by atoms with van der Waals surface area (Å²) < 4.78 is 1.46. The average molecular weight is 197 g/mol. The number of aromatic nitrogens is 2. The summed E-state index contributed by atoms with van der Waals surface area (Å²) in [7, 11) is 1.67. The molecular weight excluding hydrogens is 182 g/mol. The van der Waals surface area contributed by atoms with E-state index in [-0.39, 0.29) is 11.7 Å². The van der Waals surface area contributed by atoms with E-state index < -0.39 is 0 Å². The van der Waals surface area contributed by atoms with E-state index in [4.69, 9.17) is 5.11 Å². The zero-order valence-electron chi connectivity index (χ0n) is 8.40. The van der Waals surface area contributed by atoms with Crippen molar-refractivity contribution in [1.82, 2.24) is 9.55 Å². The predicted molar refractivity (Wildman–Crippen MR) is 54.3 cm³/mol. The second-order valence-corrected chi connectivity index (χ2v) is 3.26. The first-order valence-electron chi connectivity index (χ1n) is 4.55. The molecule has 1 aromatic rings. The van der Waals surface area contributed by atoms with Gasteiger partial charge in [0.15, 0.2) is 5.82 Å². The summed E-state index contributed by atoms with van der Waals surface area (Å²) in [4.78, 5) is 15.3. The molecule has 0 radical (unpaired) electrons. The van der Waals surface area contributed by atoms with E-state index in [1.54, 1.807) is 26.4 Å². The van der Waals surface area contributed by atoms with Crippen molar-refractivity contribution in [2.45, 2.75) is 19.4 Å². The maximum Gasteiger partial charge on any atom is 0.293 e. The van der Waals surface area contributed by atoms with Gasteiger partial charge in [-0.05, 0) is 13.3 Å². The van der Waals surface area contributed by atoms with Crippen molar-refractivity contribution < 1.29 is 5.11 Å². The summed E-state index contributed by atoms with van der Waals surface area (Å²) in [6.07, 6.45) is 3.39. The topological polar surface area (TPSA) is 67.2 Å². The molecule has 0 spiro atoms. The molecule has 0 aliphatic carbocycles. The first kappa shape index (κ1) is 10.7. The Kier molecular flexibility index (Phi) is 3.64. The Morgan fingerprint density at radius 3 is 3.07 bits per heavy atom. The van der Waals surface area contributed by atoms with Crippen molar-refractivity contribution in [3.63, 3.8) is 0 Å². The highest BCUT2D eigenvalue weighted by molar-refractivity contribution is 5.30. The van der Waals surface area contributed by atoms with E-state index in [9.17, 15) is 4.79 Å². The van der Waals surface area contributed by atoms with Gasteiger partial charge in [0.25, 0.3) is 5.56 Å². The smallest absolute Gasteiger partial charge is 0.293 e. The molecule has 0 fully saturated rings. The Morgan fingerprint density at radius 2 is 2.43 bits per heavy atom. The first-order chi connectivity index (χ1) is 6.61. The fraction of sp³-hybridized carbons (Fsp3) is 0.556. The minimum Gasteiger partial charge on any atom is -0.393 e. The van der Waals surface area contributed by atoms with Crippen molar-refractivity contribution in [1.29, 1.82) is 0 Å². The molecule has 0 amide bonds. The molecule has 0 unspecified atom stereocenters. The van der Waals surface area contributed by atoms with E-state index in [0.717, 1.165) is 0 Å². The van der Waals surface area contributed by atoms with Gasteiger partial charge in [0.05, 0.1) is 6.10 Å². The van der Waals surface area contributed by atoms with Gasteiger partial charge < -0.3 is 15.0 Å². The van der Waals surface area contributed by atoms with Gasteiger partial charge in [-0.15, -0.1) is 0 Å². The van der Waals surface area contributed by atoms with Gasteiger partial charge in [0, 0.05) is 26.0 Å². The number of hydrogen-bond donors (Lipinski definition) is 2. The van der Waals surface area contributed by atoms with Crippen LogP contribution in [-0.2, 0) is 7.05 Å². The normalized spacial score (nSPS) is 12.5. The summed E-state index contributed by atoms with van der Waals surface area (Å²) in [5.41, 5.74) is -0.155. The minimum atomic E-state index is -0.366. The van der Waals surface area contributed by atoms with Crippen LogP contribution in [0.4, 0.5) is 5.82 Å². The number of rotatable bonds is 4. The van der Waals surface area contributed by atoms with Gasteiger partial charge in [-0.1, -0.05) is 0 Å². The molecule has 0 aliphatic rings.